The number of aryl methyl sites for hydroxylation is 2. The lowest BCUT2D eigenvalue weighted by atomic mass is 10.1. The molecule has 1 fully saturated rings. The molecule has 0 bridgehead atoms. The van der Waals surface area contributed by atoms with E-state index in [1.807, 2.05) is 12.1 Å². The summed E-state index contributed by atoms with van der Waals surface area (Å²) >= 11 is 0. The van der Waals surface area contributed by atoms with E-state index in [1.54, 1.807) is 17.4 Å². The molecule has 0 aliphatic heterocycles. The Balaban J connectivity index is 1.91. The minimum atomic E-state index is -3.31. The third-order valence-corrected chi connectivity index (χ3v) is 6.49. The molecular weight excluding hydrogens is 258 g/mol. The molecule has 0 atom stereocenters. The van der Waals surface area contributed by atoms with E-state index in [0.29, 0.717) is 4.90 Å². The molecule has 1 aromatic carbocycles. The van der Waals surface area contributed by atoms with Gasteiger partial charge in [-0.25, -0.2) is 8.42 Å². The van der Waals surface area contributed by atoms with Gasteiger partial charge in [0, 0.05) is 13.1 Å². The Hall–Kier alpha value is -0.870. The summed E-state index contributed by atoms with van der Waals surface area (Å²) in [7, 11) is -1.58. The Labute approximate surface area is 115 Å². The van der Waals surface area contributed by atoms with Gasteiger partial charge in [-0.1, -0.05) is 18.9 Å². The van der Waals surface area contributed by atoms with Gasteiger partial charge in [-0.2, -0.15) is 4.31 Å². The molecule has 0 N–H and O–H groups in total. The zero-order chi connectivity index (χ0) is 13.5. The van der Waals surface area contributed by atoms with Crippen LogP contribution in [0.1, 0.15) is 43.2 Å². The molecule has 0 amide bonds. The lowest BCUT2D eigenvalue weighted by Crippen LogP contribution is -2.35. The monoisotopic (exact) mass is 279 g/mol. The van der Waals surface area contributed by atoms with Crippen LogP contribution in [0.4, 0.5) is 0 Å². The summed E-state index contributed by atoms with van der Waals surface area (Å²) in [4.78, 5) is 0.475. The molecule has 1 aromatic rings. The number of sulfonamides is 1. The van der Waals surface area contributed by atoms with E-state index < -0.39 is 10.0 Å². The second-order valence-corrected chi connectivity index (χ2v) is 7.74. The SMILES string of the molecule is CN(C1CCCC1)S(=O)(=O)c1ccc2c(c1)CCC2. The zero-order valence-corrected chi connectivity index (χ0v) is 12.2. The van der Waals surface area contributed by atoms with Crippen LogP contribution in [0.15, 0.2) is 23.1 Å². The molecule has 0 aromatic heterocycles. The largest absolute Gasteiger partial charge is 0.243 e. The van der Waals surface area contributed by atoms with E-state index in [9.17, 15) is 8.42 Å². The highest BCUT2D eigenvalue weighted by Gasteiger charge is 2.30. The Bertz CT molecular complexity index is 574. The third-order valence-electron chi connectivity index (χ3n) is 4.59. The van der Waals surface area contributed by atoms with Crippen molar-refractivity contribution in [3.05, 3.63) is 29.3 Å². The molecule has 2 aliphatic rings. The molecular formula is C15H21NO2S. The molecule has 3 rings (SSSR count). The standard InChI is InChI=1S/C15H21NO2S/c1-16(14-7-2-3-8-14)19(17,18)15-10-9-12-5-4-6-13(12)11-15/h9-11,14H,2-8H2,1H3. The molecule has 0 spiro atoms. The topological polar surface area (TPSA) is 37.4 Å². The Morgan fingerprint density at radius 1 is 1.05 bits per heavy atom. The lowest BCUT2D eigenvalue weighted by molar-refractivity contribution is 0.373. The van der Waals surface area contributed by atoms with Gasteiger partial charge in [0.2, 0.25) is 10.0 Å². The second kappa shape index (κ2) is 4.91. The van der Waals surface area contributed by atoms with Crippen molar-refractivity contribution in [3.8, 4) is 0 Å². The van der Waals surface area contributed by atoms with Gasteiger partial charge in [0.05, 0.1) is 4.90 Å². The maximum Gasteiger partial charge on any atom is 0.243 e. The van der Waals surface area contributed by atoms with Gasteiger partial charge in [-0.05, 0) is 55.4 Å². The van der Waals surface area contributed by atoms with E-state index >= 15 is 0 Å². The predicted octanol–water partition coefficient (Wildman–Crippen LogP) is 2.74. The van der Waals surface area contributed by atoms with Crippen LogP contribution in [0.2, 0.25) is 0 Å². The first-order chi connectivity index (χ1) is 9.09. The fourth-order valence-electron chi connectivity index (χ4n) is 3.34. The van der Waals surface area contributed by atoms with Gasteiger partial charge in [0.1, 0.15) is 0 Å². The quantitative estimate of drug-likeness (QED) is 0.853. The van der Waals surface area contributed by atoms with Crippen LogP contribution in [-0.2, 0) is 22.9 Å². The number of hydrogen-bond donors (Lipinski definition) is 0. The average molecular weight is 279 g/mol. The highest BCUT2D eigenvalue weighted by Crippen LogP contribution is 2.30. The third kappa shape index (κ3) is 2.32. The Kier molecular flexibility index (Phi) is 3.39. The van der Waals surface area contributed by atoms with Crippen molar-refractivity contribution in [3.63, 3.8) is 0 Å². The first-order valence-electron chi connectivity index (χ1n) is 7.19. The number of nitrogens with zero attached hydrogens (tertiary/aromatic N) is 1. The summed E-state index contributed by atoms with van der Waals surface area (Å²) in [5, 5.41) is 0. The summed E-state index contributed by atoms with van der Waals surface area (Å²) in [5.41, 5.74) is 2.54. The van der Waals surface area contributed by atoms with Crippen molar-refractivity contribution in [2.45, 2.75) is 55.9 Å². The fourth-order valence-corrected chi connectivity index (χ4v) is 4.81. The highest BCUT2D eigenvalue weighted by molar-refractivity contribution is 7.89. The summed E-state index contributed by atoms with van der Waals surface area (Å²) in [6.07, 6.45) is 7.56. The van der Waals surface area contributed by atoms with Gasteiger partial charge in [0.25, 0.3) is 0 Å². The Morgan fingerprint density at radius 3 is 2.47 bits per heavy atom. The average Bonchev–Trinajstić information content (AvgIpc) is 3.07. The van der Waals surface area contributed by atoms with Gasteiger partial charge < -0.3 is 0 Å². The van der Waals surface area contributed by atoms with Crippen LogP contribution in [0.25, 0.3) is 0 Å². The van der Waals surface area contributed by atoms with Crippen molar-refractivity contribution in [1.82, 2.24) is 4.31 Å². The van der Waals surface area contributed by atoms with Crippen LogP contribution in [0.3, 0.4) is 0 Å². The Morgan fingerprint density at radius 2 is 1.74 bits per heavy atom. The molecule has 0 unspecified atom stereocenters. The molecule has 19 heavy (non-hydrogen) atoms. The van der Waals surface area contributed by atoms with Crippen LogP contribution in [0.5, 0.6) is 0 Å². The molecule has 0 saturated heterocycles. The van der Waals surface area contributed by atoms with E-state index in [1.165, 1.54) is 11.1 Å². The lowest BCUT2D eigenvalue weighted by Gasteiger charge is -2.23. The first-order valence-corrected chi connectivity index (χ1v) is 8.63. The van der Waals surface area contributed by atoms with Crippen molar-refractivity contribution < 1.29 is 8.42 Å². The van der Waals surface area contributed by atoms with Crippen LogP contribution < -0.4 is 0 Å². The van der Waals surface area contributed by atoms with Gasteiger partial charge in [-0.3, -0.25) is 0 Å². The molecule has 4 heteroatoms. The first kappa shape index (κ1) is 13.1. The smallest absolute Gasteiger partial charge is 0.207 e. The van der Waals surface area contributed by atoms with E-state index in [4.69, 9.17) is 0 Å². The van der Waals surface area contributed by atoms with E-state index in [2.05, 4.69) is 0 Å². The maximum absolute atomic E-state index is 12.6. The number of hydrogen-bond acceptors (Lipinski definition) is 2. The van der Waals surface area contributed by atoms with Gasteiger partial charge in [-0.15, -0.1) is 0 Å². The summed E-state index contributed by atoms with van der Waals surface area (Å²) < 4.78 is 26.9. The highest BCUT2D eigenvalue weighted by atomic mass is 32.2. The fraction of sp³-hybridized carbons (Fsp3) is 0.600. The molecule has 2 aliphatic carbocycles. The minimum Gasteiger partial charge on any atom is -0.207 e. The molecule has 104 valence electrons. The number of fused-ring (bicyclic) bond motifs is 1. The minimum absolute atomic E-state index is 0.193. The molecule has 1 saturated carbocycles. The zero-order valence-electron chi connectivity index (χ0n) is 11.4. The summed E-state index contributed by atoms with van der Waals surface area (Å²) in [6.45, 7) is 0. The number of rotatable bonds is 3. The molecule has 0 radical (unpaired) electrons. The van der Waals surface area contributed by atoms with E-state index in [0.717, 1.165) is 44.9 Å². The van der Waals surface area contributed by atoms with Crippen molar-refractivity contribution in [2.75, 3.05) is 7.05 Å². The molecule has 0 heterocycles. The van der Waals surface area contributed by atoms with Crippen LogP contribution in [0, 0.1) is 0 Å². The van der Waals surface area contributed by atoms with E-state index in [-0.39, 0.29) is 6.04 Å². The number of benzene rings is 1. The predicted molar refractivity (Wildman–Crippen MR) is 75.7 cm³/mol. The molecule has 3 nitrogen and oxygen atoms in total. The second-order valence-electron chi connectivity index (χ2n) is 5.74. The van der Waals surface area contributed by atoms with Crippen molar-refractivity contribution in [1.29, 1.82) is 0 Å². The normalized spacial score (nSPS) is 20.1. The summed E-state index contributed by atoms with van der Waals surface area (Å²) in [5.74, 6) is 0. The van der Waals surface area contributed by atoms with Crippen molar-refractivity contribution >= 4 is 10.0 Å². The maximum atomic E-state index is 12.6. The van der Waals surface area contributed by atoms with Gasteiger partial charge in [0.15, 0.2) is 0 Å². The van der Waals surface area contributed by atoms with Crippen LogP contribution >= 0.6 is 0 Å². The van der Waals surface area contributed by atoms with Crippen LogP contribution in [-0.4, -0.2) is 25.8 Å². The van der Waals surface area contributed by atoms with Crippen molar-refractivity contribution in [2.24, 2.45) is 0 Å². The van der Waals surface area contributed by atoms with Gasteiger partial charge >= 0.3 is 0 Å². The summed E-state index contributed by atoms with van der Waals surface area (Å²) in [6, 6.07) is 5.87.